The second-order valence-electron chi connectivity index (χ2n) is 6.75. The monoisotopic (exact) mass is 442 g/mol. The Labute approximate surface area is 180 Å². The fraction of sp³-hybridized carbons (Fsp3) is 0.136. The van der Waals surface area contributed by atoms with E-state index in [-0.39, 0.29) is 30.5 Å². The fourth-order valence-electron chi connectivity index (χ4n) is 2.90. The number of benzene rings is 2. The van der Waals surface area contributed by atoms with Crippen LogP contribution in [0.5, 0.6) is 11.5 Å². The summed E-state index contributed by atoms with van der Waals surface area (Å²) in [5, 5.41) is 5.37. The first kappa shape index (κ1) is 21.2. The molecule has 0 unspecified atom stereocenters. The molecule has 3 aromatic rings. The van der Waals surface area contributed by atoms with Gasteiger partial charge in [0.2, 0.25) is 12.8 Å². The first-order chi connectivity index (χ1) is 15.4. The van der Waals surface area contributed by atoms with E-state index in [2.05, 4.69) is 20.6 Å². The van der Waals surface area contributed by atoms with Gasteiger partial charge in [0.25, 0.3) is 5.91 Å². The molecular formula is C22H17F3N4O3. The van der Waals surface area contributed by atoms with Crippen LogP contribution in [0.15, 0.2) is 72.0 Å². The van der Waals surface area contributed by atoms with Crippen molar-refractivity contribution in [2.45, 2.75) is 12.7 Å². The summed E-state index contributed by atoms with van der Waals surface area (Å²) in [4.78, 5) is 21.0. The molecule has 10 heteroatoms. The van der Waals surface area contributed by atoms with Crippen molar-refractivity contribution in [2.75, 3.05) is 12.1 Å². The number of alkyl halides is 3. The van der Waals surface area contributed by atoms with E-state index in [9.17, 15) is 18.0 Å². The van der Waals surface area contributed by atoms with Crippen LogP contribution in [-0.4, -0.2) is 23.6 Å². The Morgan fingerprint density at radius 3 is 2.59 bits per heavy atom. The van der Waals surface area contributed by atoms with Gasteiger partial charge in [-0.15, -0.1) is 0 Å². The molecule has 1 aliphatic rings. The predicted octanol–water partition coefficient (Wildman–Crippen LogP) is 4.23. The number of hydrogen-bond acceptors (Lipinski definition) is 5. The zero-order chi connectivity index (χ0) is 22.6. The number of nitrogens with zero attached hydrogens (tertiary/aromatic N) is 2. The summed E-state index contributed by atoms with van der Waals surface area (Å²) in [7, 11) is 0. The summed E-state index contributed by atoms with van der Waals surface area (Å²) in [5.74, 6) is 0.425. The number of pyridine rings is 1. The highest BCUT2D eigenvalue weighted by molar-refractivity contribution is 6.10. The third-order valence-electron chi connectivity index (χ3n) is 4.49. The maximum Gasteiger partial charge on any atom is 0.416 e. The van der Waals surface area contributed by atoms with Crippen molar-refractivity contribution in [3.8, 4) is 11.5 Å². The van der Waals surface area contributed by atoms with Gasteiger partial charge in [0.1, 0.15) is 0 Å². The van der Waals surface area contributed by atoms with Gasteiger partial charge in [0.15, 0.2) is 11.5 Å². The Morgan fingerprint density at radius 1 is 1.03 bits per heavy atom. The number of hydrogen-bond donors (Lipinski definition) is 2. The lowest BCUT2D eigenvalue weighted by molar-refractivity contribution is -0.137. The Balaban J connectivity index is 1.57. The minimum Gasteiger partial charge on any atom is -0.454 e. The molecule has 2 N–H and O–H groups in total. The van der Waals surface area contributed by atoms with Crippen molar-refractivity contribution in [3.05, 3.63) is 83.7 Å². The molecule has 32 heavy (non-hydrogen) atoms. The molecule has 0 atom stereocenters. The molecule has 1 amide bonds. The number of carbonyl (C=O) groups excluding carboxylic acids is 1. The fourth-order valence-corrected chi connectivity index (χ4v) is 2.90. The Morgan fingerprint density at radius 2 is 1.81 bits per heavy atom. The van der Waals surface area contributed by atoms with Crippen molar-refractivity contribution >= 4 is 17.6 Å². The topological polar surface area (TPSA) is 84.8 Å². The second-order valence-corrected chi connectivity index (χ2v) is 6.75. The number of fused-ring (bicyclic) bond motifs is 1. The van der Waals surface area contributed by atoms with E-state index in [1.165, 1.54) is 18.2 Å². The number of halogens is 3. The van der Waals surface area contributed by atoms with Gasteiger partial charge in [0, 0.05) is 23.6 Å². The number of nitrogens with one attached hydrogen (secondary N) is 2. The minimum atomic E-state index is -4.50. The molecular weight excluding hydrogens is 425 g/mol. The molecule has 1 aliphatic heterocycles. The van der Waals surface area contributed by atoms with Crippen LogP contribution in [0.25, 0.3) is 0 Å². The number of guanidine groups is 1. The zero-order valence-corrected chi connectivity index (χ0v) is 16.5. The lowest BCUT2D eigenvalue weighted by Crippen LogP contribution is -2.36. The Hall–Kier alpha value is -4.08. The molecule has 4 rings (SSSR count). The van der Waals surface area contributed by atoms with Gasteiger partial charge in [-0.05, 0) is 54.1 Å². The number of aromatic nitrogens is 1. The molecule has 0 aliphatic carbocycles. The number of carbonyl (C=O) groups is 1. The quantitative estimate of drug-likeness (QED) is 0.467. The molecule has 2 heterocycles. The van der Waals surface area contributed by atoms with Crippen LogP contribution in [0, 0.1) is 0 Å². The number of anilines is 1. The second kappa shape index (κ2) is 8.96. The summed E-state index contributed by atoms with van der Waals surface area (Å²) in [6.45, 7) is 0.237. The molecule has 164 valence electrons. The average molecular weight is 442 g/mol. The first-order valence-corrected chi connectivity index (χ1v) is 9.47. The lowest BCUT2D eigenvalue weighted by Gasteiger charge is -2.14. The Bertz CT molecular complexity index is 1150. The summed E-state index contributed by atoms with van der Waals surface area (Å²) in [6, 6.07) is 12.8. The van der Waals surface area contributed by atoms with Crippen molar-refractivity contribution < 1.29 is 27.4 Å². The van der Waals surface area contributed by atoms with Crippen molar-refractivity contribution in [2.24, 2.45) is 4.99 Å². The molecule has 0 fully saturated rings. The van der Waals surface area contributed by atoms with Crippen LogP contribution < -0.4 is 20.1 Å². The maximum absolute atomic E-state index is 13.1. The van der Waals surface area contributed by atoms with E-state index in [4.69, 9.17) is 9.47 Å². The third kappa shape index (κ3) is 5.15. The summed E-state index contributed by atoms with van der Waals surface area (Å²) >= 11 is 0. The van der Waals surface area contributed by atoms with E-state index < -0.39 is 17.6 Å². The van der Waals surface area contributed by atoms with Crippen molar-refractivity contribution in [1.82, 2.24) is 10.3 Å². The van der Waals surface area contributed by atoms with Crippen LogP contribution in [0.1, 0.15) is 21.5 Å². The van der Waals surface area contributed by atoms with Crippen LogP contribution in [0.3, 0.4) is 0 Å². The van der Waals surface area contributed by atoms with Crippen LogP contribution in [0.4, 0.5) is 18.9 Å². The van der Waals surface area contributed by atoms with Gasteiger partial charge in [-0.2, -0.15) is 13.2 Å². The zero-order valence-electron chi connectivity index (χ0n) is 16.5. The highest BCUT2D eigenvalue weighted by Gasteiger charge is 2.30. The molecule has 0 saturated carbocycles. The first-order valence-electron chi connectivity index (χ1n) is 9.47. The normalized spacial score (nSPS) is 13.0. The van der Waals surface area contributed by atoms with Crippen molar-refractivity contribution in [1.29, 1.82) is 0 Å². The molecule has 0 radical (unpaired) electrons. The molecule has 0 bridgehead atoms. The van der Waals surface area contributed by atoms with E-state index in [1.54, 1.807) is 36.7 Å². The van der Waals surface area contributed by atoms with Crippen LogP contribution >= 0.6 is 0 Å². The van der Waals surface area contributed by atoms with Gasteiger partial charge >= 0.3 is 6.18 Å². The standard InChI is InChI=1S/C22H17F3N4O3/c23-22(24,25)16-2-1-3-17(11-16)28-21(27-12-14-6-8-26-9-7-14)29-20(30)15-4-5-18-19(10-15)32-13-31-18/h1-11H,12-13H2,(H2,27,28,29,30). The van der Waals surface area contributed by atoms with E-state index in [0.29, 0.717) is 11.5 Å². The van der Waals surface area contributed by atoms with Crippen molar-refractivity contribution in [3.63, 3.8) is 0 Å². The van der Waals surface area contributed by atoms with Gasteiger partial charge in [-0.3, -0.25) is 15.1 Å². The summed E-state index contributed by atoms with van der Waals surface area (Å²) in [5.41, 5.74) is 0.384. The highest BCUT2D eigenvalue weighted by Crippen LogP contribution is 2.32. The highest BCUT2D eigenvalue weighted by atomic mass is 19.4. The van der Waals surface area contributed by atoms with Gasteiger partial charge in [0.05, 0.1) is 12.1 Å². The predicted molar refractivity (Wildman–Crippen MR) is 110 cm³/mol. The molecule has 0 saturated heterocycles. The maximum atomic E-state index is 13.1. The molecule has 2 aromatic carbocycles. The number of rotatable bonds is 4. The van der Waals surface area contributed by atoms with E-state index in [0.717, 1.165) is 17.7 Å². The number of amides is 1. The van der Waals surface area contributed by atoms with Gasteiger partial charge in [-0.1, -0.05) is 6.07 Å². The van der Waals surface area contributed by atoms with E-state index >= 15 is 0 Å². The van der Waals surface area contributed by atoms with Crippen LogP contribution in [-0.2, 0) is 12.7 Å². The summed E-state index contributed by atoms with van der Waals surface area (Å²) in [6.07, 6.45) is -1.31. The lowest BCUT2D eigenvalue weighted by atomic mass is 10.2. The molecule has 0 spiro atoms. The third-order valence-corrected chi connectivity index (χ3v) is 4.49. The smallest absolute Gasteiger partial charge is 0.416 e. The molecule has 7 nitrogen and oxygen atoms in total. The van der Waals surface area contributed by atoms with Gasteiger partial charge < -0.3 is 14.8 Å². The number of ether oxygens (including phenoxy) is 2. The number of aliphatic imine (C=N–C) groups is 1. The Kier molecular flexibility index (Phi) is 5.93. The average Bonchev–Trinajstić information content (AvgIpc) is 3.26. The van der Waals surface area contributed by atoms with E-state index in [1.807, 2.05) is 0 Å². The minimum absolute atomic E-state index is 0.0104. The summed E-state index contributed by atoms with van der Waals surface area (Å²) < 4.78 is 49.7. The SMILES string of the molecule is O=C(NC(=NCc1ccncc1)Nc1cccc(C(F)(F)F)c1)c1ccc2c(c1)OCO2. The van der Waals surface area contributed by atoms with Gasteiger partial charge in [-0.25, -0.2) is 4.99 Å². The van der Waals surface area contributed by atoms with Crippen LogP contribution in [0.2, 0.25) is 0 Å². The molecule has 1 aromatic heterocycles. The largest absolute Gasteiger partial charge is 0.454 e.